The number of amides is 3. The van der Waals surface area contributed by atoms with E-state index in [2.05, 4.69) is 34.6 Å². The fraction of sp³-hybridized carbons (Fsp3) is 0.261. The summed E-state index contributed by atoms with van der Waals surface area (Å²) in [6.07, 6.45) is 4.46. The van der Waals surface area contributed by atoms with E-state index in [1.165, 1.54) is 11.8 Å². The Morgan fingerprint density at radius 2 is 1.71 bits per heavy atom. The van der Waals surface area contributed by atoms with Gasteiger partial charge in [-0.1, -0.05) is 48.5 Å². The van der Waals surface area contributed by atoms with Crippen LogP contribution in [0.15, 0.2) is 66.9 Å². The summed E-state index contributed by atoms with van der Waals surface area (Å²) in [5, 5.41) is 3.38. The van der Waals surface area contributed by atoms with Crippen molar-refractivity contribution in [3.05, 3.63) is 78.0 Å². The van der Waals surface area contributed by atoms with Gasteiger partial charge in [-0.15, -0.1) is 0 Å². The number of rotatable bonds is 3. The van der Waals surface area contributed by atoms with Crippen LogP contribution in [-0.4, -0.2) is 34.9 Å². The van der Waals surface area contributed by atoms with Gasteiger partial charge in [0.1, 0.15) is 0 Å². The molecule has 0 bridgehead atoms. The molecule has 5 heteroatoms. The summed E-state index contributed by atoms with van der Waals surface area (Å²) in [4.78, 5) is 30.9. The van der Waals surface area contributed by atoms with Crippen molar-refractivity contribution in [2.24, 2.45) is 5.92 Å². The first-order valence-electron chi connectivity index (χ1n) is 9.68. The third-order valence-electron chi connectivity index (χ3n) is 5.34. The highest BCUT2D eigenvalue weighted by molar-refractivity contribution is 6.05. The maximum atomic E-state index is 12.5. The van der Waals surface area contributed by atoms with Gasteiger partial charge in [0.2, 0.25) is 0 Å². The molecule has 0 radical (unpaired) electrons. The molecule has 1 saturated heterocycles. The highest BCUT2D eigenvalue weighted by Gasteiger charge is 2.24. The van der Waals surface area contributed by atoms with Crippen molar-refractivity contribution >= 4 is 22.8 Å². The largest absolute Gasteiger partial charge is 0.324 e. The zero-order valence-electron chi connectivity index (χ0n) is 15.7. The van der Waals surface area contributed by atoms with Gasteiger partial charge in [-0.3, -0.25) is 15.1 Å². The quantitative estimate of drug-likeness (QED) is 0.754. The third kappa shape index (κ3) is 4.19. The van der Waals surface area contributed by atoms with Crippen LogP contribution in [0.25, 0.3) is 10.9 Å². The van der Waals surface area contributed by atoms with E-state index in [0.29, 0.717) is 24.6 Å². The summed E-state index contributed by atoms with van der Waals surface area (Å²) in [5.41, 5.74) is 2.56. The first-order chi connectivity index (χ1) is 13.7. The van der Waals surface area contributed by atoms with Gasteiger partial charge in [-0.05, 0) is 42.9 Å². The van der Waals surface area contributed by atoms with Gasteiger partial charge in [-0.2, -0.15) is 0 Å². The lowest BCUT2D eigenvalue weighted by molar-refractivity contribution is 0.0944. The molecule has 1 aliphatic rings. The van der Waals surface area contributed by atoms with E-state index in [1.54, 1.807) is 11.0 Å². The number of hydrogen-bond donors (Lipinski definition) is 1. The first-order valence-corrected chi connectivity index (χ1v) is 9.68. The molecular formula is C23H23N3O2. The van der Waals surface area contributed by atoms with Gasteiger partial charge in [-0.25, -0.2) is 4.79 Å². The van der Waals surface area contributed by atoms with Crippen LogP contribution >= 0.6 is 0 Å². The third-order valence-corrected chi connectivity index (χ3v) is 5.34. The van der Waals surface area contributed by atoms with Crippen LogP contribution in [0.5, 0.6) is 0 Å². The minimum atomic E-state index is -0.408. The number of pyridine rings is 1. The average Bonchev–Trinajstić information content (AvgIpc) is 2.74. The molecule has 1 fully saturated rings. The molecule has 142 valence electrons. The van der Waals surface area contributed by atoms with Gasteiger partial charge in [0.05, 0.1) is 11.1 Å². The molecule has 3 amide bonds. The zero-order valence-corrected chi connectivity index (χ0v) is 15.7. The molecule has 3 aromatic rings. The van der Waals surface area contributed by atoms with Crippen molar-refractivity contribution in [3.63, 3.8) is 0 Å². The molecule has 0 spiro atoms. The second-order valence-corrected chi connectivity index (χ2v) is 7.30. The molecule has 1 aromatic heterocycles. The Balaban J connectivity index is 1.32. The van der Waals surface area contributed by atoms with Crippen molar-refractivity contribution < 1.29 is 9.59 Å². The Morgan fingerprint density at radius 3 is 2.50 bits per heavy atom. The number of fused-ring (bicyclic) bond motifs is 1. The molecule has 0 saturated carbocycles. The minimum absolute atomic E-state index is 0.323. The van der Waals surface area contributed by atoms with E-state index in [4.69, 9.17) is 0 Å². The van der Waals surface area contributed by atoms with Crippen LogP contribution in [-0.2, 0) is 6.42 Å². The van der Waals surface area contributed by atoms with Crippen LogP contribution in [0.1, 0.15) is 28.8 Å². The number of piperidine rings is 1. The number of hydrogen-bond acceptors (Lipinski definition) is 3. The van der Waals surface area contributed by atoms with E-state index in [0.717, 1.165) is 30.2 Å². The first kappa shape index (κ1) is 18.2. The van der Waals surface area contributed by atoms with Gasteiger partial charge in [0, 0.05) is 24.7 Å². The average molecular weight is 373 g/mol. The molecular weight excluding hydrogens is 350 g/mol. The van der Waals surface area contributed by atoms with Crippen LogP contribution in [0, 0.1) is 5.92 Å². The van der Waals surface area contributed by atoms with Crippen LogP contribution < -0.4 is 5.32 Å². The number of para-hydroxylation sites is 1. The molecule has 2 aromatic carbocycles. The highest BCUT2D eigenvalue weighted by Crippen LogP contribution is 2.21. The molecule has 28 heavy (non-hydrogen) atoms. The van der Waals surface area contributed by atoms with Gasteiger partial charge < -0.3 is 4.90 Å². The summed E-state index contributed by atoms with van der Waals surface area (Å²) >= 11 is 0. The Morgan fingerprint density at radius 1 is 1.00 bits per heavy atom. The van der Waals surface area contributed by atoms with Crippen LogP contribution in [0.2, 0.25) is 0 Å². The fourth-order valence-electron chi connectivity index (χ4n) is 3.73. The predicted octanol–water partition coefficient (Wildman–Crippen LogP) is 4.04. The molecule has 1 aliphatic heterocycles. The number of aromatic nitrogens is 1. The summed E-state index contributed by atoms with van der Waals surface area (Å²) in [6.45, 7) is 1.35. The van der Waals surface area contributed by atoms with Crippen molar-refractivity contribution in [1.29, 1.82) is 0 Å². The minimum Gasteiger partial charge on any atom is -0.324 e. The smallest absolute Gasteiger partial charge is 0.324 e. The molecule has 5 nitrogen and oxygen atoms in total. The number of benzene rings is 2. The lowest BCUT2D eigenvalue weighted by Gasteiger charge is -2.31. The van der Waals surface area contributed by atoms with Gasteiger partial charge in [0.15, 0.2) is 0 Å². The number of imide groups is 1. The molecule has 0 unspecified atom stereocenters. The van der Waals surface area contributed by atoms with E-state index < -0.39 is 5.91 Å². The standard InChI is InChI=1S/C23H23N3O2/c27-22(20-15-19-8-4-5-9-21(19)24-16-20)25-23(28)26-12-10-18(11-13-26)14-17-6-2-1-3-7-17/h1-9,15-16,18H,10-14H2,(H,25,27,28). The zero-order chi connectivity index (χ0) is 19.3. The predicted molar refractivity (Wildman–Crippen MR) is 109 cm³/mol. The lowest BCUT2D eigenvalue weighted by atomic mass is 9.90. The second-order valence-electron chi connectivity index (χ2n) is 7.30. The Bertz CT molecular complexity index is 979. The Labute approximate surface area is 164 Å². The number of nitrogens with one attached hydrogen (secondary N) is 1. The summed E-state index contributed by atoms with van der Waals surface area (Å²) in [6, 6.07) is 19.5. The monoisotopic (exact) mass is 373 g/mol. The molecule has 2 heterocycles. The molecule has 0 atom stereocenters. The van der Waals surface area contributed by atoms with E-state index in [9.17, 15) is 9.59 Å². The van der Waals surface area contributed by atoms with Crippen LogP contribution in [0.3, 0.4) is 0 Å². The Kier molecular flexibility index (Phi) is 5.33. The normalized spacial score (nSPS) is 14.8. The van der Waals surface area contributed by atoms with E-state index in [-0.39, 0.29) is 6.03 Å². The fourth-order valence-corrected chi connectivity index (χ4v) is 3.73. The summed E-state index contributed by atoms with van der Waals surface area (Å²) in [7, 11) is 0. The second kappa shape index (κ2) is 8.21. The lowest BCUT2D eigenvalue weighted by Crippen LogP contribution is -2.46. The van der Waals surface area contributed by atoms with Crippen molar-refractivity contribution in [3.8, 4) is 0 Å². The molecule has 0 aliphatic carbocycles. The van der Waals surface area contributed by atoms with Gasteiger partial charge >= 0.3 is 6.03 Å². The van der Waals surface area contributed by atoms with Crippen molar-refractivity contribution in [2.75, 3.05) is 13.1 Å². The van der Waals surface area contributed by atoms with Crippen molar-refractivity contribution in [2.45, 2.75) is 19.3 Å². The number of nitrogens with zero attached hydrogens (tertiary/aromatic N) is 2. The topological polar surface area (TPSA) is 62.3 Å². The number of urea groups is 1. The SMILES string of the molecule is O=C(NC(=O)N1CCC(Cc2ccccc2)CC1)c1cnc2ccccc2c1. The Hall–Kier alpha value is -3.21. The van der Waals surface area contributed by atoms with Crippen molar-refractivity contribution in [1.82, 2.24) is 15.2 Å². The molecule has 4 rings (SSSR count). The number of likely N-dealkylation sites (tertiary alicyclic amines) is 1. The summed E-state index contributed by atoms with van der Waals surface area (Å²) in [5.74, 6) is 0.168. The van der Waals surface area contributed by atoms with E-state index >= 15 is 0 Å². The maximum Gasteiger partial charge on any atom is 0.324 e. The number of carbonyl (C=O) groups is 2. The van der Waals surface area contributed by atoms with Gasteiger partial charge in [0.25, 0.3) is 5.91 Å². The number of carbonyl (C=O) groups excluding carboxylic acids is 2. The maximum absolute atomic E-state index is 12.5. The molecule has 1 N–H and O–H groups in total. The van der Waals surface area contributed by atoms with Crippen LogP contribution in [0.4, 0.5) is 4.79 Å². The van der Waals surface area contributed by atoms with E-state index in [1.807, 2.05) is 30.3 Å². The highest BCUT2D eigenvalue weighted by atomic mass is 16.2. The summed E-state index contributed by atoms with van der Waals surface area (Å²) < 4.78 is 0.